The van der Waals surface area contributed by atoms with Crippen molar-refractivity contribution >= 4 is 5.97 Å². The summed E-state index contributed by atoms with van der Waals surface area (Å²) >= 11 is 0. The topological polar surface area (TPSA) is 52.3 Å². The van der Waals surface area contributed by atoms with E-state index in [1.807, 2.05) is 0 Å². The van der Waals surface area contributed by atoms with Crippen LogP contribution in [0.4, 0.5) is 8.78 Å². The number of oxazole rings is 1. The van der Waals surface area contributed by atoms with Gasteiger partial charge in [-0.15, -0.1) is 0 Å². The average molecular weight is 267 g/mol. The first-order valence-electron chi connectivity index (χ1n) is 5.63. The van der Waals surface area contributed by atoms with Gasteiger partial charge in [-0.05, 0) is 26.0 Å². The lowest BCUT2D eigenvalue weighted by molar-refractivity contribution is 0.0490. The molecule has 0 unspecified atom stereocenters. The Hall–Kier alpha value is -2.24. The molecule has 0 N–H and O–H groups in total. The van der Waals surface area contributed by atoms with Gasteiger partial charge in [0.1, 0.15) is 11.6 Å². The number of nitrogens with zero attached hydrogens (tertiary/aromatic N) is 1. The lowest BCUT2D eigenvalue weighted by atomic mass is 10.2. The zero-order valence-electron chi connectivity index (χ0n) is 10.4. The third-order valence-corrected chi connectivity index (χ3v) is 2.42. The van der Waals surface area contributed by atoms with Crippen LogP contribution in [0.25, 0.3) is 11.5 Å². The van der Waals surface area contributed by atoms with Crippen LogP contribution in [-0.2, 0) is 4.74 Å². The lowest BCUT2D eigenvalue weighted by Gasteiger charge is -1.99. The van der Waals surface area contributed by atoms with Crippen LogP contribution in [0, 0.1) is 18.6 Å². The first-order valence-corrected chi connectivity index (χ1v) is 5.63. The Morgan fingerprint density at radius 1 is 1.42 bits per heavy atom. The summed E-state index contributed by atoms with van der Waals surface area (Å²) in [4.78, 5) is 15.5. The minimum atomic E-state index is -0.809. The number of carbonyl (C=O) groups is 1. The summed E-state index contributed by atoms with van der Waals surface area (Å²) in [5.41, 5.74) is 0.275. The number of hydrogen-bond acceptors (Lipinski definition) is 4. The van der Waals surface area contributed by atoms with Crippen LogP contribution < -0.4 is 0 Å². The second-order valence-electron chi connectivity index (χ2n) is 3.78. The van der Waals surface area contributed by atoms with E-state index in [0.29, 0.717) is 0 Å². The van der Waals surface area contributed by atoms with Gasteiger partial charge in [0.2, 0.25) is 11.7 Å². The van der Waals surface area contributed by atoms with E-state index in [1.54, 1.807) is 13.8 Å². The van der Waals surface area contributed by atoms with E-state index in [9.17, 15) is 13.6 Å². The number of aromatic nitrogens is 1. The van der Waals surface area contributed by atoms with E-state index in [-0.39, 0.29) is 29.5 Å². The van der Waals surface area contributed by atoms with Gasteiger partial charge < -0.3 is 9.15 Å². The first kappa shape index (κ1) is 13.2. The highest BCUT2D eigenvalue weighted by Crippen LogP contribution is 2.25. The molecule has 2 aromatic rings. The summed E-state index contributed by atoms with van der Waals surface area (Å²) in [6, 6.07) is 3.01. The monoisotopic (exact) mass is 267 g/mol. The molecule has 0 atom stereocenters. The third kappa shape index (κ3) is 2.62. The average Bonchev–Trinajstić information content (AvgIpc) is 2.71. The van der Waals surface area contributed by atoms with E-state index in [1.165, 1.54) is 6.07 Å². The minimum absolute atomic E-state index is 0.0138. The molecular formula is C13H11F2NO3. The molecule has 0 aliphatic rings. The van der Waals surface area contributed by atoms with E-state index in [2.05, 4.69) is 4.98 Å². The van der Waals surface area contributed by atoms with Crippen molar-refractivity contribution in [3.63, 3.8) is 0 Å². The smallest absolute Gasteiger partial charge is 0.376 e. The molecule has 4 nitrogen and oxygen atoms in total. The Labute approximate surface area is 108 Å². The Kier molecular flexibility index (Phi) is 3.59. The first-order chi connectivity index (χ1) is 9.02. The molecule has 1 aromatic carbocycles. The van der Waals surface area contributed by atoms with Crippen LogP contribution in [-0.4, -0.2) is 17.6 Å². The quantitative estimate of drug-likeness (QED) is 0.802. The number of rotatable bonds is 3. The van der Waals surface area contributed by atoms with E-state index >= 15 is 0 Å². The fourth-order valence-electron chi connectivity index (χ4n) is 1.56. The summed E-state index contributed by atoms with van der Waals surface area (Å²) in [7, 11) is 0. The summed E-state index contributed by atoms with van der Waals surface area (Å²) in [6.45, 7) is 3.39. The highest BCUT2D eigenvalue weighted by molar-refractivity contribution is 5.87. The Morgan fingerprint density at radius 2 is 2.16 bits per heavy atom. The Balaban J connectivity index is 2.42. The van der Waals surface area contributed by atoms with E-state index < -0.39 is 17.6 Å². The van der Waals surface area contributed by atoms with Gasteiger partial charge in [0.25, 0.3) is 0 Å². The number of benzene rings is 1. The van der Waals surface area contributed by atoms with Gasteiger partial charge in [0.15, 0.2) is 0 Å². The molecule has 100 valence electrons. The fraction of sp³-hybridized carbons (Fsp3) is 0.231. The van der Waals surface area contributed by atoms with Gasteiger partial charge in [0.05, 0.1) is 17.9 Å². The van der Waals surface area contributed by atoms with Crippen LogP contribution >= 0.6 is 0 Å². The number of aryl methyl sites for hydroxylation is 1. The van der Waals surface area contributed by atoms with Crippen molar-refractivity contribution in [3.05, 3.63) is 41.3 Å². The second kappa shape index (κ2) is 5.17. The minimum Gasteiger partial charge on any atom is -0.460 e. The van der Waals surface area contributed by atoms with Crippen molar-refractivity contribution < 1.29 is 22.7 Å². The zero-order valence-corrected chi connectivity index (χ0v) is 10.4. The summed E-state index contributed by atoms with van der Waals surface area (Å²) in [5, 5.41) is 0. The predicted octanol–water partition coefficient (Wildman–Crippen LogP) is 3.10. The predicted molar refractivity (Wildman–Crippen MR) is 62.5 cm³/mol. The molecule has 0 saturated carbocycles. The zero-order chi connectivity index (χ0) is 14.0. The standard InChI is InChI=1S/C13H11F2NO3/c1-3-18-13(17)11-7(2)16-12(19-11)9-5-4-8(14)6-10(9)15/h4-6H,3H2,1-2H3. The molecule has 0 aliphatic carbocycles. The molecule has 0 bridgehead atoms. The van der Waals surface area contributed by atoms with Crippen molar-refractivity contribution in [1.82, 2.24) is 4.98 Å². The fourth-order valence-corrected chi connectivity index (χ4v) is 1.56. The molecule has 0 aliphatic heterocycles. The van der Waals surface area contributed by atoms with Crippen molar-refractivity contribution in [2.24, 2.45) is 0 Å². The molecule has 2 rings (SSSR count). The lowest BCUT2D eigenvalue weighted by Crippen LogP contribution is -2.04. The molecule has 0 saturated heterocycles. The maximum atomic E-state index is 13.6. The summed E-state index contributed by atoms with van der Waals surface area (Å²) < 4.78 is 36.3. The number of carbonyl (C=O) groups excluding carboxylic acids is 1. The van der Waals surface area contributed by atoms with Crippen LogP contribution in [0.5, 0.6) is 0 Å². The highest BCUT2D eigenvalue weighted by Gasteiger charge is 2.21. The maximum absolute atomic E-state index is 13.6. The van der Waals surface area contributed by atoms with Gasteiger partial charge in [-0.3, -0.25) is 0 Å². The molecule has 19 heavy (non-hydrogen) atoms. The van der Waals surface area contributed by atoms with Crippen LogP contribution in [0.1, 0.15) is 23.2 Å². The number of ether oxygens (including phenoxy) is 1. The molecule has 0 radical (unpaired) electrons. The summed E-state index contributed by atoms with van der Waals surface area (Å²) in [6.07, 6.45) is 0. The molecular weight excluding hydrogens is 256 g/mol. The molecule has 0 amide bonds. The van der Waals surface area contributed by atoms with E-state index in [0.717, 1.165) is 12.1 Å². The Bertz CT molecular complexity index is 622. The number of hydrogen-bond donors (Lipinski definition) is 0. The van der Waals surface area contributed by atoms with Crippen molar-refractivity contribution in [2.75, 3.05) is 6.61 Å². The molecule has 1 heterocycles. The van der Waals surface area contributed by atoms with Gasteiger partial charge in [-0.25, -0.2) is 18.6 Å². The second-order valence-corrected chi connectivity index (χ2v) is 3.78. The molecule has 6 heteroatoms. The third-order valence-electron chi connectivity index (χ3n) is 2.42. The van der Waals surface area contributed by atoms with Gasteiger partial charge in [0, 0.05) is 6.07 Å². The summed E-state index contributed by atoms with van der Waals surface area (Å²) in [5.74, 6) is -2.34. The van der Waals surface area contributed by atoms with Gasteiger partial charge in [-0.1, -0.05) is 0 Å². The van der Waals surface area contributed by atoms with Gasteiger partial charge in [-0.2, -0.15) is 0 Å². The largest absolute Gasteiger partial charge is 0.460 e. The Morgan fingerprint density at radius 3 is 2.79 bits per heavy atom. The van der Waals surface area contributed by atoms with Crippen molar-refractivity contribution in [2.45, 2.75) is 13.8 Å². The van der Waals surface area contributed by atoms with E-state index in [4.69, 9.17) is 9.15 Å². The molecule has 0 spiro atoms. The van der Waals surface area contributed by atoms with Crippen molar-refractivity contribution in [1.29, 1.82) is 0 Å². The van der Waals surface area contributed by atoms with Crippen LogP contribution in [0.15, 0.2) is 22.6 Å². The molecule has 0 fully saturated rings. The maximum Gasteiger partial charge on any atom is 0.376 e. The molecule has 1 aromatic heterocycles. The number of halogens is 2. The number of esters is 1. The highest BCUT2D eigenvalue weighted by atomic mass is 19.1. The normalized spacial score (nSPS) is 10.5. The van der Waals surface area contributed by atoms with Crippen LogP contribution in [0.2, 0.25) is 0 Å². The SMILES string of the molecule is CCOC(=O)c1oc(-c2ccc(F)cc2F)nc1C. The van der Waals surface area contributed by atoms with Crippen molar-refractivity contribution in [3.8, 4) is 11.5 Å². The van der Waals surface area contributed by atoms with Crippen LogP contribution in [0.3, 0.4) is 0 Å². The van der Waals surface area contributed by atoms with Gasteiger partial charge >= 0.3 is 5.97 Å².